The largest absolute Gasteiger partial charge is 0.496 e. The summed E-state index contributed by atoms with van der Waals surface area (Å²) in [5.41, 5.74) is 0.919. The van der Waals surface area contributed by atoms with Crippen LogP contribution in [0, 0.1) is 5.82 Å². The number of nitrogens with one attached hydrogen (secondary N) is 1. The SMILES string of the molecule is CCCNC(c1cc(Br)c(F)cc1OC)c1sccc1Br. The third kappa shape index (κ3) is 3.86. The Morgan fingerprint density at radius 3 is 2.67 bits per heavy atom. The summed E-state index contributed by atoms with van der Waals surface area (Å²) in [6, 6.07) is 5.19. The number of hydrogen-bond donors (Lipinski definition) is 1. The first kappa shape index (κ1) is 16.9. The summed E-state index contributed by atoms with van der Waals surface area (Å²) in [5.74, 6) is 0.222. The van der Waals surface area contributed by atoms with E-state index in [0.717, 1.165) is 27.9 Å². The molecule has 21 heavy (non-hydrogen) atoms. The summed E-state index contributed by atoms with van der Waals surface area (Å²) in [7, 11) is 1.56. The molecule has 1 atom stereocenters. The van der Waals surface area contributed by atoms with Crippen LogP contribution in [0.3, 0.4) is 0 Å². The Bertz CT molecular complexity index is 618. The molecule has 0 fully saturated rings. The van der Waals surface area contributed by atoms with E-state index in [1.54, 1.807) is 24.5 Å². The molecular weight excluding hydrogens is 421 g/mol. The summed E-state index contributed by atoms with van der Waals surface area (Å²) in [6.07, 6.45) is 1.02. The second kappa shape index (κ2) is 7.72. The molecule has 0 radical (unpaired) electrons. The average Bonchev–Trinajstić information content (AvgIpc) is 2.89. The first-order valence-electron chi connectivity index (χ1n) is 6.57. The van der Waals surface area contributed by atoms with E-state index in [0.29, 0.717) is 10.2 Å². The van der Waals surface area contributed by atoms with Crippen LogP contribution >= 0.6 is 43.2 Å². The first-order valence-corrected chi connectivity index (χ1v) is 9.04. The Balaban J connectivity index is 2.51. The molecule has 0 amide bonds. The second-order valence-corrected chi connectivity index (χ2v) is 7.18. The summed E-state index contributed by atoms with van der Waals surface area (Å²) in [6.45, 7) is 2.98. The molecule has 0 aliphatic carbocycles. The molecule has 1 N–H and O–H groups in total. The lowest BCUT2D eigenvalue weighted by molar-refractivity contribution is 0.400. The molecule has 114 valence electrons. The smallest absolute Gasteiger partial charge is 0.141 e. The van der Waals surface area contributed by atoms with Crippen LogP contribution in [0.25, 0.3) is 0 Å². The molecule has 0 aliphatic rings. The predicted octanol–water partition coefficient (Wildman–Crippen LogP) is 5.51. The average molecular weight is 437 g/mol. The molecule has 0 aliphatic heterocycles. The fourth-order valence-electron chi connectivity index (χ4n) is 2.09. The molecule has 0 spiro atoms. The van der Waals surface area contributed by atoms with Gasteiger partial charge in [-0.25, -0.2) is 4.39 Å². The highest BCUT2D eigenvalue weighted by molar-refractivity contribution is 9.10. The van der Waals surface area contributed by atoms with Crippen LogP contribution in [-0.2, 0) is 0 Å². The number of thiophene rings is 1. The van der Waals surface area contributed by atoms with Crippen molar-refractivity contribution in [3.63, 3.8) is 0 Å². The number of methoxy groups -OCH3 is 1. The van der Waals surface area contributed by atoms with E-state index in [1.165, 1.54) is 6.07 Å². The van der Waals surface area contributed by atoms with Crippen LogP contribution in [-0.4, -0.2) is 13.7 Å². The second-order valence-electron chi connectivity index (χ2n) is 4.53. The quantitative estimate of drug-likeness (QED) is 0.644. The van der Waals surface area contributed by atoms with Crippen molar-refractivity contribution in [3.05, 3.63) is 48.8 Å². The van der Waals surface area contributed by atoms with Crippen molar-refractivity contribution in [2.24, 2.45) is 0 Å². The molecule has 2 nitrogen and oxygen atoms in total. The van der Waals surface area contributed by atoms with Gasteiger partial charge in [0.25, 0.3) is 0 Å². The van der Waals surface area contributed by atoms with E-state index in [4.69, 9.17) is 4.74 Å². The molecule has 0 saturated carbocycles. The highest BCUT2D eigenvalue weighted by atomic mass is 79.9. The van der Waals surface area contributed by atoms with E-state index in [-0.39, 0.29) is 11.9 Å². The summed E-state index contributed by atoms with van der Waals surface area (Å²) in [4.78, 5) is 1.15. The summed E-state index contributed by atoms with van der Waals surface area (Å²) >= 11 is 8.50. The molecule has 1 heterocycles. The number of rotatable bonds is 6. The lowest BCUT2D eigenvalue weighted by atomic mass is 10.0. The van der Waals surface area contributed by atoms with Gasteiger partial charge >= 0.3 is 0 Å². The fraction of sp³-hybridized carbons (Fsp3) is 0.333. The lowest BCUT2D eigenvalue weighted by Crippen LogP contribution is -2.23. The molecule has 1 aromatic heterocycles. The normalized spacial score (nSPS) is 12.4. The Labute approximate surface area is 145 Å². The maximum atomic E-state index is 13.7. The van der Waals surface area contributed by atoms with Gasteiger partial charge in [0.2, 0.25) is 0 Å². The third-order valence-corrected chi connectivity index (χ3v) is 5.63. The summed E-state index contributed by atoms with van der Waals surface area (Å²) in [5, 5.41) is 5.54. The molecule has 2 aromatic rings. The van der Waals surface area contributed by atoms with Gasteiger partial charge in [-0.05, 0) is 62.3 Å². The van der Waals surface area contributed by atoms with Crippen LogP contribution in [0.2, 0.25) is 0 Å². The van der Waals surface area contributed by atoms with Gasteiger partial charge in [-0.3, -0.25) is 0 Å². The highest BCUT2D eigenvalue weighted by Crippen LogP contribution is 2.38. The number of ether oxygens (including phenoxy) is 1. The Morgan fingerprint density at radius 2 is 2.10 bits per heavy atom. The topological polar surface area (TPSA) is 21.3 Å². The maximum absolute atomic E-state index is 13.7. The van der Waals surface area contributed by atoms with E-state index >= 15 is 0 Å². The van der Waals surface area contributed by atoms with Crippen molar-refractivity contribution < 1.29 is 9.13 Å². The highest BCUT2D eigenvalue weighted by Gasteiger charge is 2.22. The number of hydrogen-bond acceptors (Lipinski definition) is 3. The van der Waals surface area contributed by atoms with Gasteiger partial charge in [0.05, 0.1) is 17.6 Å². The minimum absolute atomic E-state index is 0.0359. The van der Waals surface area contributed by atoms with Crippen molar-refractivity contribution in [1.82, 2.24) is 5.32 Å². The third-order valence-electron chi connectivity index (χ3n) is 3.09. The van der Waals surface area contributed by atoms with Crippen LogP contribution in [0.1, 0.15) is 29.8 Å². The zero-order valence-electron chi connectivity index (χ0n) is 11.8. The maximum Gasteiger partial charge on any atom is 0.141 e. The van der Waals surface area contributed by atoms with Gasteiger partial charge in [0.1, 0.15) is 11.6 Å². The van der Waals surface area contributed by atoms with Gasteiger partial charge in [0, 0.05) is 21.0 Å². The van der Waals surface area contributed by atoms with Crippen LogP contribution in [0.5, 0.6) is 5.75 Å². The van der Waals surface area contributed by atoms with Gasteiger partial charge < -0.3 is 10.1 Å². The van der Waals surface area contributed by atoms with E-state index < -0.39 is 0 Å². The minimum Gasteiger partial charge on any atom is -0.496 e. The van der Waals surface area contributed by atoms with Crippen LogP contribution < -0.4 is 10.1 Å². The Morgan fingerprint density at radius 1 is 1.33 bits per heavy atom. The molecule has 6 heteroatoms. The number of benzene rings is 1. The summed E-state index contributed by atoms with van der Waals surface area (Å²) < 4.78 is 20.6. The standard InChI is InChI=1S/C15H16Br2FNOS/c1-3-5-19-14(15-10(16)4-6-21-15)9-7-11(17)12(18)8-13(9)20-2/h4,6-8,14,19H,3,5H2,1-2H3. The molecule has 0 bridgehead atoms. The van der Waals surface area contributed by atoms with Gasteiger partial charge in [-0.1, -0.05) is 6.92 Å². The monoisotopic (exact) mass is 435 g/mol. The van der Waals surface area contributed by atoms with E-state index in [2.05, 4.69) is 44.1 Å². The van der Waals surface area contributed by atoms with Crippen molar-refractivity contribution >= 4 is 43.2 Å². The van der Waals surface area contributed by atoms with Gasteiger partial charge in [-0.2, -0.15) is 0 Å². The predicted molar refractivity (Wildman–Crippen MR) is 92.8 cm³/mol. The Hall–Kier alpha value is -0.430. The molecule has 0 saturated heterocycles. The number of halogens is 3. The van der Waals surface area contributed by atoms with Crippen LogP contribution in [0.15, 0.2) is 32.5 Å². The van der Waals surface area contributed by atoms with Gasteiger partial charge in [0.15, 0.2) is 0 Å². The van der Waals surface area contributed by atoms with Gasteiger partial charge in [-0.15, -0.1) is 11.3 Å². The zero-order chi connectivity index (χ0) is 15.4. The Kier molecular flexibility index (Phi) is 6.22. The lowest BCUT2D eigenvalue weighted by Gasteiger charge is -2.21. The molecule has 1 unspecified atom stereocenters. The first-order chi connectivity index (χ1) is 10.1. The zero-order valence-corrected chi connectivity index (χ0v) is 15.7. The van der Waals surface area contributed by atoms with Crippen molar-refractivity contribution in [1.29, 1.82) is 0 Å². The molecular formula is C15H16Br2FNOS. The van der Waals surface area contributed by atoms with E-state index in [9.17, 15) is 4.39 Å². The van der Waals surface area contributed by atoms with Crippen molar-refractivity contribution in [3.8, 4) is 5.75 Å². The minimum atomic E-state index is -0.324. The van der Waals surface area contributed by atoms with E-state index in [1.807, 2.05) is 11.4 Å². The van der Waals surface area contributed by atoms with Crippen LogP contribution in [0.4, 0.5) is 4.39 Å². The molecule has 2 rings (SSSR count). The molecule has 1 aromatic carbocycles. The van der Waals surface area contributed by atoms with Crippen molar-refractivity contribution in [2.75, 3.05) is 13.7 Å². The fourth-order valence-corrected chi connectivity index (χ4v) is 4.15. The van der Waals surface area contributed by atoms with Crippen molar-refractivity contribution in [2.45, 2.75) is 19.4 Å².